The monoisotopic (exact) mass is 524 g/mol. The number of rotatable bonds is 25. The molecule has 0 aromatic rings. The highest BCUT2D eigenvalue weighted by Gasteiger charge is 2.37. The van der Waals surface area contributed by atoms with E-state index in [4.69, 9.17) is 18.8 Å². The van der Waals surface area contributed by atoms with Gasteiger partial charge in [0.25, 0.3) is 0 Å². The maximum Gasteiger partial charge on any atom is 0.452 e. The summed E-state index contributed by atoms with van der Waals surface area (Å²) >= 11 is 1.90. The Balaban J connectivity index is 4.44. The molecule has 0 N–H and O–H groups in total. The Hall–Kier alpha value is -0.0700. The van der Waals surface area contributed by atoms with E-state index in [1.165, 1.54) is 90.6 Å². The molecule has 8 heteroatoms. The summed E-state index contributed by atoms with van der Waals surface area (Å²) in [5, 5.41) is 0.224. The highest BCUT2D eigenvalue weighted by molar-refractivity contribution is 7.99. The van der Waals surface area contributed by atoms with Gasteiger partial charge in [0.05, 0.1) is 6.61 Å². The second kappa shape index (κ2) is 23.3. The van der Waals surface area contributed by atoms with Crippen LogP contribution in [0.15, 0.2) is 0 Å². The molecule has 0 aromatic heterocycles. The molecule has 0 rings (SSSR count). The first-order valence-electron chi connectivity index (χ1n) is 13.7. The van der Waals surface area contributed by atoms with Gasteiger partial charge < -0.3 is 9.05 Å². The van der Waals surface area contributed by atoms with Gasteiger partial charge in [0.1, 0.15) is 6.10 Å². The maximum atomic E-state index is 12.5. The van der Waals surface area contributed by atoms with E-state index >= 15 is 0 Å². The topological polar surface area (TPSA) is 71.1 Å². The van der Waals surface area contributed by atoms with E-state index < -0.39 is 13.3 Å². The van der Waals surface area contributed by atoms with Crippen molar-refractivity contribution in [3.8, 4) is 0 Å². The van der Waals surface area contributed by atoms with Crippen LogP contribution in [0.1, 0.15) is 130 Å². The molecule has 0 aliphatic rings. The van der Waals surface area contributed by atoms with Gasteiger partial charge in [0.15, 0.2) is 0 Å². The van der Waals surface area contributed by atoms with Gasteiger partial charge in [0.2, 0.25) is 0 Å². The van der Waals surface area contributed by atoms with Crippen LogP contribution >= 0.6 is 19.4 Å². The SMILES string of the molecule is CCCCCCCCCCCSC(CCCCCCC)C(C)OOC(=O)P(=O)(OC)OCCC. The van der Waals surface area contributed by atoms with Gasteiger partial charge in [0, 0.05) is 12.4 Å². The molecular formula is C26H53O6PS. The van der Waals surface area contributed by atoms with E-state index in [9.17, 15) is 9.36 Å². The normalized spacial score (nSPS) is 15.1. The quantitative estimate of drug-likeness (QED) is 0.0509. The number of thioether (sulfide) groups is 1. The first-order valence-corrected chi connectivity index (χ1v) is 16.3. The molecule has 0 amide bonds. The molecule has 34 heavy (non-hydrogen) atoms. The Labute approximate surface area is 214 Å². The second-order valence-electron chi connectivity index (χ2n) is 9.10. The fourth-order valence-electron chi connectivity index (χ4n) is 3.67. The molecule has 0 aliphatic carbocycles. The zero-order valence-electron chi connectivity index (χ0n) is 22.7. The van der Waals surface area contributed by atoms with Crippen LogP contribution in [-0.4, -0.2) is 36.5 Å². The van der Waals surface area contributed by atoms with Gasteiger partial charge in [-0.3, -0.25) is 4.89 Å². The van der Waals surface area contributed by atoms with Crippen LogP contribution in [0.25, 0.3) is 0 Å². The summed E-state index contributed by atoms with van der Waals surface area (Å²) in [6.07, 6.45) is 19.3. The first-order chi connectivity index (χ1) is 16.4. The molecule has 0 radical (unpaired) electrons. The standard InChI is InChI=1S/C26H53O6PS/c1-6-9-11-13-14-15-16-18-20-23-34-25(21-19-17-12-10-7-2)24(4)31-32-26(27)33(28,29-5)30-22-8-3/h24-25H,6-23H2,1-5H3. The minimum Gasteiger partial charge on any atom is -0.304 e. The van der Waals surface area contributed by atoms with Crippen molar-refractivity contribution in [2.24, 2.45) is 0 Å². The van der Waals surface area contributed by atoms with E-state index in [1.54, 1.807) is 0 Å². The Morgan fingerprint density at radius 2 is 1.32 bits per heavy atom. The highest BCUT2D eigenvalue weighted by atomic mass is 32.2. The number of carbonyl (C=O) groups excluding carboxylic acids is 1. The molecule has 0 saturated carbocycles. The zero-order chi connectivity index (χ0) is 25.5. The maximum absolute atomic E-state index is 12.5. The molecular weight excluding hydrogens is 471 g/mol. The third-order valence-corrected chi connectivity index (χ3v) is 8.99. The first kappa shape index (κ1) is 33.9. The lowest BCUT2D eigenvalue weighted by molar-refractivity contribution is -0.262. The molecule has 3 unspecified atom stereocenters. The van der Waals surface area contributed by atoms with Crippen molar-refractivity contribution in [2.45, 2.75) is 142 Å². The molecule has 6 nitrogen and oxygen atoms in total. The number of carbonyl (C=O) groups is 1. The fourth-order valence-corrected chi connectivity index (χ4v) is 5.91. The molecule has 204 valence electrons. The molecule has 0 aliphatic heterocycles. The Kier molecular flexibility index (Phi) is 23.3. The van der Waals surface area contributed by atoms with E-state index in [-0.39, 0.29) is 18.0 Å². The van der Waals surface area contributed by atoms with E-state index in [2.05, 4.69) is 13.8 Å². The smallest absolute Gasteiger partial charge is 0.304 e. The van der Waals surface area contributed by atoms with Gasteiger partial charge in [-0.1, -0.05) is 104 Å². The predicted molar refractivity (Wildman–Crippen MR) is 145 cm³/mol. The van der Waals surface area contributed by atoms with Gasteiger partial charge >= 0.3 is 13.3 Å². The lowest BCUT2D eigenvalue weighted by atomic mass is 10.1. The van der Waals surface area contributed by atoms with Crippen LogP contribution in [0, 0.1) is 0 Å². The molecule has 0 bridgehead atoms. The summed E-state index contributed by atoms with van der Waals surface area (Å²) in [4.78, 5) is 22.6. The third kappa shape index (κ3) is 17.4. The van der Waals surface area contributed by atoms with Crippen LogP contribution in [0.4, 0.5) is 4.79 Å². The van der Waals surface area contributed by atoms with Crippen LogP contribution in [0.3, 0.4) is 0 Å². The van der Waals surface area contributed by atoms with Crippen LogP contribution in [-0.2, 0) is 23.4 Å². The minimum absolute atomic E-state index is 0.157. The van der Waals surface area contributed by atoms with Gasteiger partial charge in [-0.2, -0.15) is 16.6 Å². The Morgan fingerprint density at radius 3 is 1.85 bits per heavy atom. The highest BCUT2D eigenvalue weighted by Crippen LogP contribution is 2.49. The minimum atomic E-state index is -3.97. The summed E-state index contributed by atoms with van der Waals surface area (Å²) in [6, 6.07) is 0. The van der Waals surface area contributed by atoms with Crippen molar-refractivity contribution >= 4 is 25.1 Å². The lowest BCUT2D eigenvalue weighted by Crippen LogP contribution is -2.25. The summed E-state index contributed by atoms with van der Waals surface area (Å²) in [5.41, 5.74) is -1.08. The number of unbranched alkanes of at least 4 members (excludes halogenated alkanes) is 12. The average molecular weight is 525 g/mol. The molecule has 3 atom stereocenters. The van der Waals surface area contributed by atoms with Gasteiger partial charge in [-0.05, 0) is 31.9 Å². The van der Waals surface area contributed by atoms with Crippen LogP contribution in [0.5, 0.6) is 0 Å². The average Bonchev–Trinajstić information content (AvgIpc) is 2.85. The van der Waals surface area contributed by atoms with Crippen molar-refractivity contribution in [2.75, 3.05) is 19.5 Å². The van der Waals surface area contributed by atoms with E-state index in [0.29, 0.717) is 6.42 Å². The van der Waals surface area contributed by atoms with Crippen molar-refractivity contribution < 1.29 is 28.2 Å². The lowest BCUT2D eigenvalue weighted by Gasteiger charge is -2.23. The predicted octanol–water partition coefficient (Wildman–Crippen LogP) is 9.70. The summed E-state index contributed by atoms with van der Waals surface area (Å²) in [7, 11) is -2.79. The largest absolute Gasteiger partial charge is 0.452 e. The van der Waals surface area contributed by atoms with E-state index in [0.717, 1.165) is 18.6 Å². The molecule has 0 saturated heterocycles. The van der Waals surface area contributed by atoms with Crippen molar-refractivity contribution in [1.82, 2.24) is 0 Å². The number of hydrogen-bond donors (Lipinski definition) is 0. The molecule has 0 aromatic carbocycles. The van der Waals surface area contributed by atoms with Crippen molar-refractivity contribution in [1.29, 1.82) is 0 Å². The van der Waals surface area contributed by atoms with Crippen LogP contribution in [0.2, 0.25) is 0 Å². The molecule has 0 heterocycles. The van der Waals surface area contributed by atoms with Gasteiger partial charge in [-0.25, -0.2) is 9.36 Å². The Bertz CT molecular complexity index is 520. The van der Waals surface area contributed by atoms with Crippen molar-refractivity contribution in [3.63, 3.8) is 0 Å². The zero-order valence-corrected chi connectivity index (χ0v) is 24.4. The number of hydrogen-bond acceptors (Lipinski definition) is 7. The van der Waals surface area contributed by atoms with Crippen LogP contribution < -0.4 is 0 Å². The Morgan fingerprint density at radius 1 is 0.794 bits per heavy atom. The van der Waals surface area contributed by atoms with Gasteiger partial charge in [-0.15, -0.1) is 0 Å². The molecule has 0 fully saturated rings. The fraction of sp³-hybridized carbons (Fsp3) is 0.962. The van der Waals surface area contributed by atoms with E-state index in [1.807, 2.05) is 25.6 Å². The second-order valence-corrected chi connectivity index (χ2v) is 12.4. The third-order valence-electron chi connectivity index (χ3n) is 5.90. The summed E-state index contributed by atoms with van der Waals surface area (Å²) in [5.74, 6) is 1.08. The summed E-state index contributed by atoms with van der Waals surface area (Å²) < 4.78 is 22.4. The summed E-state index contributed by atoms with van der Waals surface area (Å²) in [6.45, 7) is 8.41. The van der Waals surface area contributed by atoms with Crippen molar-refractivity contribution in [3.05, 3.63) is 0 Å². The molecule has 0 spiro atoms.